The van der Waals surface area contributed by atoms with Gasteiger partial charge in [0.05, 0.1) is 36.2 Å². The van der Waals surface area contributed by atoms with Crippen molar-refractivity contribution in [2.45, 2.75) is 19.9 Å². The van der Waals surface area contributed by atoms with Gasteiger partial charge in [0.1, 0.15) is 11.3 Å². The summed E-state index contributed by atoms with van der Waals surface area (Å²) in [6, 6.07) is 29.2. The Morgan fingerprint density at radius 3 is 2.23 bits per heavy atom. The van der Waals surface area contributed by atoms with Gasteiger partial charge in [-0.15, -0.1) is 0 Å². The molecule has 0 N–H and O–H groups in total. The van der Waals surface area contributed by atoms with Crippen LogP contribution in [0.15, 0.2) is 115 Å². The molecule has 6 rings (SSSR count). The van der Waals surface area contributed by atoms with Gasteiger partial charge in [0.25, 0.3) is 6.43 Å². The van der Waals surface area contributed by atoms with E-state index in [1.165, 1.54) is 10.9 Å². The van der Waals surface area contributed by atoms with Crippen molar-refractivity contribution in [3.63, 3.8) is 0 Å². The minimum absolute atomic E-state index is 0.479. The number of halogens is 2. The number of hydrogen-bond donors (Lipinski definition) is 0. The molecule has 6 aromatic rings. The summed E-state index contributed by atoms with van der Waals surface area (Å²) in [5, 5.41) is 0. The Balaban J connectivity index is 1.52. The maximum atomic E-state index is 13.5. The van der Waals surface area contributed by atoms with Crippen LogP contribution >= 0.6 is 0 Å². The zero-order valence-electron chi connectivity index (χ0n) is 21.1. The van der Waals surface area contributed by atoms with Gasteiger partial charge in [-0.2, -0.15) is 0 Å². The molecular weight excluding hydrogens is 494 g/mol. The molecule has 0 aliphatic carbocycles. The number of pyridine rings is 2. The van der Waals surface area contributed by atoms with Crippen LogP contribution in [0.25, 0.3) is 28.3 Å². The highest BCUT2D eigenvalue weighted by Gasteiger charge is 2.20. The number of fused-ring (bicyclic) bond motifs is 1. The third kappa shape index (κ3) is 4.96. The van der Waals surface area contributed by atoms with E-state index in [2.05, 4.69) is 15.0 Å². The lowest BCUT2D eigenvalue weighted by Crippen LogP contribution is -2.07. The van der Waals surface area contributed by atoms with Crippen molar-refractivity contribution < 1.29 is 8.78 Å². The summed E-state index contributed by atoms with van der Waals surface area (Å²) in [4.78, 5) is 18.7. The van der Waals surface area contributed by atoms with Gasteiger partial charge in [0.15, 0.2) is 5.82 Å². The Bertz CT molecular complexity index is 1730. The van der Waals surface area contributed by atoms with E-state index in [1.54, 1.807) is 6.20 Å². The molecule has 0 atom stereocenters. The minimum atomic E-state index is -2.53. The smallest absolute Gasteiger partial charge is 0.256 e. The van der Waals surface area contributed by atoms with Gasteiger partial charge >= 0.3 is 0 Å². The Morgan fingerprint density at radius 2 is 1.56 bits per heavy atom. The number of hydrogen-bond acceptors (Lipinski definition) is 4. The van der Waals surface area contributed by atoms with Crippen LogP contribution in [0, 0.1) is 6.92 Å². The number of aryl methyl sites for hydroxylation is 1. The van der Waals surface area contributed by atoms with Crippen LogP contribution in [0.5, 0.6) is 0 Å². The van der Waals surface area contributed by atoms with Crippen LogP contribution in [-0.4, -0.2) is 36.1 Å². The van der Waals surface area contributed by atoms with E-state index in [4.69, 9.17) is 4.99 Å². The highest BCUT2D eigenvalue weighted by molar-refractivity contribution is 6.13. The monoisotopic (exact) mass is 518 g/mol. The van der Waals surface area contributed by atoms with Gasteiger partial charge in [-0.25, -0.2) is 23.7 Å². The third-order valence-corrected chi connectivity index (χ3v) is 6.38. The normalized spacial score (nSPS) is 11.3. The number of aliphatic imine (C=N–C) groups is 1. The van der Waals surface area contributed by atoms with E-state index in [0.29, 0.717) is 34.1 Å². The van der Waals surface area contributed by atoms with Gasteiger partial charge in [-0.05, 0) is 31.2 Å². The lowest BCUT2D eigenvalue weighted by Gasteiger charge is -2.12. The largest absolute Gasteiger partial charge is 0.324 e. The highest BCUT2D eigenvalue weighted by Crippen LogP contribution is 2.32. The van der Waals surface area contributed by atoms with Crippen molar-refractivity contribution in [1.82, 2.24) is 23.9 Å². The molecule has 4 aromatic heterocycles. The molecule has 0 saturated carbocycles. The van der Waals surface area contributed by atoms with Gasteiger partial charge in [-0.3, -0.25) is 9.38 Å². The van der Waals surface area contributed by atoms with Crippen molar-refractivity contribution in [2.75, 3.05) is 0 Å². The fourth-order valence-electron chi connectivity index (χ4n) is 4.63. The van der Waals surface area contributed by atoms with E-state index >= 15 is 0 Å². The quantitative estimate of drug-likeness (QED) is 0.214. The average Bonchev–Trinajstić information content (AvgIpc) is 3.56. The molecule has 0 radical (unpaired) electrons. The second-order valence-corrected chi connectivity index (χ2v) is 9.10. The first-order chi connectivity index (χ1) is 19.1. The molecule has 0 amide bonds. The number of aromatic nitrogens is 5. The van der Waals surface area contributed by atoms with Crippen LogP contribution in [0.4, 0.5) is 14.6 Å². The molecule has 6 nitrogen and oxygen atoms in total. The van der Waals surface area contributed by atoms with Crippen LogP contribution in [0.3, 0.4) is 0 Å². The molecule has 0 unspecified atom stereocenters. The predicted molar refractivity (Wildman–Crippen MR) is 149 cm³/mol. The van der Waals surface area contributed by atoms with Gasteiger partial charge in [0, 0.05) is 28.6 Å². The minimum Gasteiger partial charge on any atom is -0.324 e. The third-order valence-electron chi connectivity index (χ3n) is 6.38. The number of imidazole rings is 2. The topological polar surface area (TPSA) is 60.4 Å². The van der Waals surface area contributed by atoms with Crippen LogP contribution < -0.4 is 0 Å². The Kier molecular flexibility index (Phi) is 6.50. The summed E-state index contributed by atoms with van der Waals surface area (Å²) in [6.45, 7) is 1.41. The van der Waals surface area contributed by atoms with Crippen LogP contribution in [0.2, 0.25) is 0 Å². The fourth-order valence-corrected chi connectivity index (χ4v) is 4.63. The first-order valence-electron chi connectivity index (χ1n) is 12.5. The Hall–Kier alpha value is -4.98. The predicted octanol–water partition coefficient (Wildman–Crippen LogP) is 7.00. The zero-order chi connectivity index (χ0) is 26.8. The molecule has 0 spiro atoms. The average molecular weight is 519 g/mol. The molecule has 39 heavy (non-hydrogen) atoms. The van der Waals surface area contributed by atoms with Crippen molar-refractivity contribution in [3.05, 3.63) is 127 Å². The van der Waals surface area contributed by atoms with E-state index in [1.807, 2.05) is 109 Å². The molecular formula is C31H24F2N6. The van der Waals surface area contributed by atoms with Crippen molar-refractivity contribution in [2.24, 2.45) is 4.99 Å². The highest BCUT2D eigenvalue weighted by atomic mass is 19.3. The summed E-state index contributed by atoms with van der Waals surface area (Å²) >= 11 is 0. The molecule has 0 saturated heterocycles. The van der Waals surface area contributed by atoms with Gasteiger partial charge in [0.2, 0.25) is 0 Å². The maximum absolute atomic E-state index is 13.5. The summed E-state index contributed by atoms with van der Waals surface area (Å²) < 4.78 is 30.4. The molecule has 0 fully saturated rings. The summed E-state index contributed by atoms with van der Waals surface area (Å²) in [5.74, 6) is 0.615. The number of alkyl halides is 2. The zero-order valence-corrected chi connectivity index (χ0v) is 21.1. The lowest BCUT2D eigenvalue weighted by molar-refractivity contribution is 0.127. The molecule has 0 aliphatic rings. The van der Waals surface area contributed by atoms with E-state index in [0.717, 1.165) is 22.5 Å². The fraction of sp³-hybridized carbons (Fsp3) is 0.0968. The maximum Gasteiger partial charge on any atom is 0.256 e. The molecule has 4 heterocycles. The van der Waals surface area contributed by atoms with E-state index < -0.39 is 13.0 Å². The molecule has 192 valence electrons. The van der Waals surface area contributed by atoms with Crippen LogP contribution in [0.1, 0.15) is 16.8 Å². The Morgan fingerprint density at radius 1 is 0.846 bits per heavy atom. The van der Waals surface area contributed by atoms with Crippen molar-refractivity contribution in [3.8, 4) is 22.6 Å². The van der Waals surface area contributed by atoms with Crippen molar-refractivity contribution >= 4 is 17.2 Å². The second kappa shape index (κ2) is 10.4. The van der Waals surface area contributed by atoms with Gasteiger partial charge in [-0.1, -0.05) is 66.7 Å². The summed E-state index contributed by atoms with van der Waals surface area (Å²) in [5.41, 5.74) is 6.67. The summed E-state index contributed by atoms with van der Waals surface area (Å²) in [6.07, 6.45) is 2.49. The van der Waals surface area contributed by atoms with Crippen molar-refractivity contribution in [1.29, 1.82) is 0 Å². The first-order valence-corrected chi connectivity index (χ1v) is 12.5. The lowest BCUT2D eigenvalue weighted by atomic mass is 10.0. The Labute approximate surface area is 224 Å². The SMILES string of the molecule is Cc1cccc(-c2ncn(CC(F)F)c2-c2ccc3ncc(N=C(c4ccccc4)c4ccccc4)n3c2)n1. The first kappa shape index (κ1) is 24.4. The number of benzene rings is 2. The molecule has 8 heteroatoms. The molecule has 0 aliphatic heterocycles. The number of rotatable bonds is 7. The summed E-state index contributed by atoms with van der Waals surface area (Å²) in [7, 11) is 0. The van der Waals surface area contributed by atoms with E-state index in [9.17, 15) is 8.78 Å². The standard InChI is InChI=1S/C31H24F2N6/c1-21-9-8-14-25(36-21)30-31(38(20-35-30)19-26(32)33)24-15-16-27-34-17-28(39(27)18-24)37-29(22-10-4-2-5-11-22)23-12-6-3-7-13-23/h2-18,20,26H,19H2,1H3. The second-order valence-electron chi connectivity index (χ2n) is 9.10. The van der Waals surface area contributed by atoms with E-state index in [-0.39, 0.29) is 0 Å². The number of nitrogens with zero attached hydrogens (tertiary/aromatic N) is 6. The van der Waals surface area contributed by atoms with Gasteiger partial charge < -0.3 is 4.57 Å². The molecule has 2 aromatic carbocycles. The molecule has 0 bridgehead atoms. The van der Waals surface area contributed by atoms with Crippen LogP contribution in [-0.2, 0) is 6.54 Å².